The van der Waals surface area contributed by atoms with Crippen LogP contribution >= 0.6 is 11.6 Å². The van der Waals surface area contributed by atoms with E-state index in [2.05, 4.69) is 0 Å². The van der Waals surface area contributed by atoms with Crippen LogP contribution in [0.5, 0.6) is 0 Å². The van der Waals surface area contributed by atoms with Crippen molar-refractivity contribution in [2.75, 3.05) is 44.7 Å². The van der Waals surface area contributed by atoms with E-state index in [4.69, 9.17) is 11.6 Å². The van der Waals surface area contributed by atoms with Crippen LogP contribution in [0.2, 0.25) is 5.02 Å². The molecule has 0 aliphatic carbocycles. The number of carbonyl (C=O) groups excluding carboxylic acids is 1. The SMILES string of the molecule is CN(C(=O)CN1CCN(S(=O)(=O)c2cc(C(F)(F)F)ccc2Cl)CC1)c1ccccc1. The highest BCUT2D eigenvalue weighted by Gasteiger charge is 2.35. The molecule has 0 spiro atoms. The van der Waals surface area contributed by atoms with E-state index in [1.807, 2.05) is 23.1 Å². The van der Waals surface area contributed by atoms with Crippen LogP contribution in [0.4, 0.5) is 18.9 Å². The first-order valence-electron chi connectivity index (χ1n) is 9.41. The van der Waals surface area contributed by atoms with Crippen LogP contribution in [-0.4, -0.2) is 63.3 Å². The maximum Gasteiger partial charge on any atom is 0.416 e. The molecule has 1 saturated heterocycles. The molecule has 0 aromatic heterocycles. The molecule has 0 N–H and O–H groups in total. The van der Waals surface area contributed by atoms with Gasteiger partial charge in [-0.2, -0.15) is 17.5 Å². The molecular formula is C20H21ClF3N3O3S. The summed E-state index contributed by atoms with van der Waals surface area (Å²) in [4.78, 5) is 15.3. The number of benzene rings is 2. The molecule has 31 heavy (non-hydrogen) atoms. The quantitative estimate of drug-likeness (QED) is 0.665. The van der Waals surface area contributed by atoms with Gasteiger partial charge in [-0.1, -0.05) is 29.8 Å². The van der Waals surface area contributed by atoms with E-state index in [0.29, 0.717) is 6.07 Å². The number of nitrogens with zero attached hydrogens (tertiary/aromatic N) is 3. The zero-order valence-corrected chi connectivity index (χ0v) is 18.2. The Bertz CT molecular complexity index is 1040. The smallest absolute Gasteiger partial charge is 0.314 e. The van der Waals surface area contributed by atoms with Crippen molar-refractivity contribution in [1.29, 1.82) is 0 Å². The maximum atomic E-state index is 13.0. The van der Waals surface area contributed by atoms with Gasteiger partial charge in [0.05, 0.1) is 17.1 Å². The van der Waals surface area contributed by atoms with Crippen LogP contribution in [0, 0.1) is 0 Å². The van der Waals surface area contributed by atoms with Gasteiger partial charge in [0.25, 0.3) is 0 Å². The molecule has 1 aliphatic rings. The Morgan fingerprint density at radius 3 is 2.26 bits per heavy atom. The zero-order chi connectivity index (χ0) is 22.8. The number of halogens is 4. The monoisotopic (exact) mass is 475 g/mol. The van der Waals surface area contributed by atoms with Crippen LogP contribution in [-0.2, 0) is 21.0 Å². The summed E-state index contributed by atoms with van der Waals surface area (Å²) < 4.78 is 65.9. The molecule has 0 atom stereocenters. The standard InChI is InChI=1S/C20H21ClF3N3O3S/c1-25(16-5-3-2-4-6-16)19(28)14-26-9-11-27(12-10-26)31(29,30)18-13-15(20(22,23)24)7-8-17(18)21/h2-8,13H,9-12,14H2,1H3. The Hall–Kier alpha value is -2.14. The molecule has 0 radical (unpaired) electrons. The number of amides is 1. The number of anilines is 1. The molecule has 6 nitrogen and oxygen atoms in total. The fraction of sp³-hybridized carbons (Fsp3) is 0.350. The highest BCUT2D eigenvalue weighted by Crippen LogP contribution is 2.34. The predicted molar refractivity (Wildman–Crippen MR) is 112 cm³/mol. The van der Waals surface area contributed by atoms with Gasteiger partial charge in [-0.3, -0.25) is 9.69 Å². The summed E-state index contributed by atoms with van der Waals surface area (Å²) >= 11 is 5.91. The highest BCUT2D eigenvalue weighted by molar-refractivity contribution is 7.89. The molecule has 168 valence electrons. The van der Waals surface area contributed by atoms with Crippen LogP contribution in [0.25, 0.3) is 0 Å². The fourth-order valence-electron chi connectivity index (χ4n) is 3.24. The third kappa shape index (κ3) is 5.38. The first-order valence-corrected chi connectivity index (χ1v) is 11.2. The Morgan fingerprint density at radius 1 is 1.06 bits per heavy atom. The van der Waals surface area contributed by atoms with E-state index < -0.39 is 26.7 Å². The number of sulfonamides is 1. The second-order valence-electron chi connectivity index (χ2n) is 7.11. The summed E-state index contributed by atoms with van der Waals surface area (Å²) in [6, 6.07) is 11.3. The number of rotatable bonds is 5. The first kappa shape index (κ1) is 23.5. The van der Waals surface area contributed by atoms with E-state index in [9.17, 15) is 26.4 Å². The van der Waals surface area contributed by atoms with Gasteiger partial charge in [0, 0.05) is 38.9 Å². The molecule has 0 unspecified atom stereocenters. The molecule has 2 aromatic carbocycles. The second-order valence-corrected chi connectivity index (χ2v) is 9.43. The van der Waals surface area contributed by atoms with E-state index in [1.54, 1.807) is 19.2 Å². The minimum absolute atomic E-state index is 0.0389. The molecule has 1 heterocycles. The normalized spacial score (nSPS) is 16.3. The lowest BCUT2D eigenvalue weighted by atomic mass is 10.2. The minimum Gasteiger partial charge on any atom is -0.314 e. The van der Waals surface area contributed by atoms with Gasteiger partial charge in [0.1, 0.15) is 4.90 Å². The Morgan fingerprint density at radius 2 is 1.68 bits per heavy atom. The van der Waals surface area contributed by atoms with Gasteiger partial charge < -0.3 is 4.90 Å². The Kier molecular flexibility index (Phi) is 6.95. The average Bonchev–Trinajstić information content (AvgIpc) is 2.73. The average molecular weight is 476 g/mol. The number of likely N-dealkylation sites (N-methyl/N-ethyl adjacent to an activating group) is 1. The second kappa shape index (κ2) is 9.15. The Labute approximate surface area is 183 Å². The van der Waals surface area contributed by atoms with Crippen molar-refractivity contribution in [2.45, 2.75) is 11.1 Å². The van der Waals surface area contributed by atoms with Crippen molar-refractivity contribution in [2.24, 2.45) is 0 Å². The minimum atomic E-state index is -4.68. The number of carbonyl (C=O) groups is 1. The lowest BCUT2D eigenvalue weighted by Gasteiger charge is -2.34. The molecule has 3 rings (SSSR count). The number of hydrogen-bond donors (Lipinski definition) is 0. The van der Waals surface area contributed by atoms with Crippen molar-refractivity contribution >= 4 is 33.2 Å². The van der Waals surface area contributed by atoms with E-state index in [1.165, 1.54) is 4.90 Å². The van der Waals surface area contributed by atoms with Crippen LogP contribution in [0.1, 0.15) is 5.56 Å². The van der Waals surface area contributed by atoms with E-state index in [-0.39, 0.29) is 43.7 Å². The molecule has 2 aromatic rings. The van der Waals surface area contributed by atoms with Gasteiger partial charge in [0.15, 0.2) is 0 Å². The van der Waals surface area contributed by atoms with Crippen molar-refractivity contribution in [3.8, 4) is 0 Å². The van der Waals surface area contributed by atoms with Gasteiger partial charge in [-0.05, 0) is 30.3 Å². The number of para-hydroxylation sites is 1. The number of hydrogen-bond acceptors (Lipinski definition) is 4. The van der Waals surface area contributed by atoms with Gasteiger partial charge >= 0.3 is 6.18 Å². The summed E-state index contributed by atoms with van der Waals surface area (Å²) in [5.41, 5.74) is -0.337. The van der Waals surface area contributed by atoms with Crippen LogP contribution in [0.3, 0.4) is 0 Å². The third-order valence-electron chi connectivity index (χ3n) is 5.08. The summed E-state index contributed by atoms with van der Waals surface area (Å²) in [5, 5.41) is -0.268. The summed E-state index contributed by atoms with van der Waals surface area (Å²) in [5.74, 6) is -0.150. The first-order chi connectivity index (χ1) is 14.5. The predicted octanol–water partition coefficient (Wildman–Crippen LogP) is 3.33. The Balaban J connectivity index is 1.66. The molecule has 11 heteroatoms. The molecular weight excluding hydrogens is 455 g/mol. The van der Waals surface area contributed by atoms with Gasteiger partial charge in [-0.15, -0.1) is 0 Å². The largest absolute Gasteiger partial charge is 0.416 e. The van der Waals surface area contributed by atoms with Crippen LogP contribution in [0.15, 0.2) is 53.4 Å². The van der Waals surface area contributed by atoms with Crippen LogP contribution < -0.4 is 4.90 Å². The fourth-order valence-corrected chi connectivity index (χ4v) is 5.16. The van der Waals surface area contributed by atoms with Crippen molar-refractivity contribution in [1.82, 2.24) is 9.21 Å². The molecule has 1 fully saturated rings. The molecule has 0 saturated carbocycles. The van der Waals surface area contributed by atoms with Crippen molar-refractivity contribution in [3.05, 3.63) is 59.1 Å². The number of piperazine rings is 1. The summed E-state index contributed by atoms with van der Waals surface area (Å²) in [6.07, 6.45) is -4.68. The lowest BCUT2D eigenvalue weighted by molar-refractivity contribution is -0.137. The topological polar surface area (TPSA) is 60.9 Å². The molecule has 1 amide bonds. The number of alkyl halides is 3. The summed E-state index contributed by atoms with van der Waals surface area (Å²) in [7, 11) is -2.55. The van der Waals surface area contributed by atoms with Crippen molar-refractivity contribution in [3.63, 3.8) is 0 Å². The van der Waals surface area contributed by atoms with E-state index in [0.717, 1.165) is 22.1 Å². The zero-order valence-electron chi connectivity index (χ0n) is 16.6. The molecule has 0 bridgehead atoms. The van der Waals surface area contributed by atoms with E-state index >= 15 is 0 Å². The maximum absolute atomic E-state index is 13.0. The summed E-state index contributed by atoms with van der Waals surface area (Å²) in [6.45, 7) is 0.715. The third-order valence-corrected chi connectivity index (χ3v) is 7.46. The lowest BCUT2D eigenvalue weighted by Crippen LogP contribution is -2.51. The van der Waals surface area contributed by atoms with Crippen molar-refractivity contribution < 1.29 is 26.4 Å². The van der Waals surface area contributed by atoms with Gasteiger partial charge in [-0.25, -0.2) is 8.42 Å². The highest BCUT2D eigenvalue weighted by atomic mass is 35.5. The van der Waals surface area contributed by atoms with Gasteiger partial charge in [0.2, 0.25) is 15.9 Å². The molecule has 1 aliphatic heterocycles.